The first-order valence-corrected chi connectivity index (χ1v) is 6.81. The molecule has 1 fully saturated rings. The van der Waals surface area contributed by atoms with Gasteiger partial charge in [0, 0.05) is 18.0 Å². The van der Waals surface area contributed by atoms with Crippen molar-refractivity contribution >= 4 is 5.97 Å². The number of methoxy groups -OCH3 is 1. The van der Waals surface area contributed by atoms with Crippen LogP contribution in [0.15, 0.2) is 42.5 Å². The van der Waals surface area contributed by atoms with Crippen LogP contribution in [0.2, 0.25) is 0 Å². The highest BCUT2D eigenvalue weighted by atomic mass is 16.5. The SMILES string of the molecule is COC(=O)C1[C@H]2C=C[C@H](C2)N1[C@H](C)c1ccccc1. The predicted octanol–water partition coefficient (Wildman–Crippen LogP) is 2.55. The molecule has 19 heavy (non-hydrogen) atoms. The van der Waals surface area contributed by atoms with Crippen molar-refractivity contribution in [3.63, 3.8) is 0 Å². The Bertz CT molecular complexity index is 497. The molecule has 1 aliphatic heterocycles. The van der Waals surface area contributed by atoms with Gasteiger partial charge in [-0.15, -0.1) is 0 Å². The van der Waals surface area contributed by atoms with Gasteiger partial charge in [-0.3, -0.25) is 9.69 Å². The Kier molecular flexibility index (Phi) is 3.15. The monoisotopic (exact) mass is 257 g/mol. The molecule has 4 atom stereocenters. The highest BCUT2D eigenvalue weighted by Gasteiger charge is 2.48. The van der Waals surface area contributed by atoms with Crippen molar-refractivity contribution in [1.82, 2.24) is 4.90 Å². The standard InChI is InChI=1S/C16H19NO2/c1-11(12-6-4-3-5-7-12)17-14-9-8-13(10-14)15(17)16(18)19-2/h3-9,11,13-15H,10H2,1-2H3/t11-,13+,14-,15?/m1/s1. The summed E-state index contributed by atoms with van der Waals surface area (Å²) in [5.74, 6) is 0.197. The van der Waals surface area contributed by atoms with Gasteiger partial charge in [0.1, 0.15) is 6.04 Å². The quantitative estimate of drug-likeness (QED) is 0.615. The molecule has 1 aromatic carbocycles. The Hall–Kier alpha value is -1.61. The minimum atomic E-state index is -0.129. The van der Waals surface area contributed by atoms with E-state index in [1.807, 2.05) is 18.2 Å². The molecule has 3 nitrogen and oxygen atoms in total. The fraction of sp³-hybridized carbons (Fsp3) is 0.438. The number of nitrogens with zero attached hydrogens (tertiary/aromatic N) is 1. The second-order valence-corrected chi connectivity index (χ2v) is 5.35. The lowest BCUT2D eigenvalue weighted by molar-refractivity contribution is -0.148. The second-order valence-electron chi connectivity index (χ2n) is 5.35. The van der Waals surface area contributed by atoms with E-state index in [9.17, 15) is 4.79 Å². The second kappa shape index (κ2) is 4.82. The molecule has 0 saturated carbocycles. The molecule has 2 aliphatic rings. The van der Waals surface area contributed by atoms with Gasteiger partial charge < -0.3 is 4.74 Å². The molecule has 1 heterocycles. The van der Waals surface area contributed by atoms with Crippen LogP contribution in [0.25, 0.3) is 0 Å². The first-order chi connectivity index (χ1) is 9.22. The molecule has 0 N–H and O–H groups in total. The molecule has 100 valence electrons. The molecule has 0 spiro atoms. The molecule has 1 aliphatic carbocycles. The summed E-state index contributed by atoms with van der Waals surface area (Å²) in [5.41, 5.74) is 1.25. The number of carbonyl (C=O) groups excluding carboxylic acids is 1. The lowest BCUT2D eigenvalue weighted by atomic mass is 9.99. The smallest absolute Gasteiger partial charge is 0.323 e. The van der Waals surface area contributed by atoms with Gasteiger partial charge in [-0.25, -0.2) is 0 Å². The molecule has 0 amide bonds. The van der Waals surface area contributed by atoms with Crippen LogP contribution < -0.4 is 0 Å². The van der Waals surface area contributed by atoms with E-state index in [1.165, 1.54) is 12.7 Å². The largest absolute Gasteiger partial charge is 0.468 e. The van der Waals surface area contributed by atoms with Crippen LogP contribution in [0.4, 0.5) is 0 Å². The van der Waals surface area contributed by atoms with Gasteiger partial charge in [0.25, 0.3) is 0 Å². The van der Waals surface area contributed by atoms with Crippen molar-refractivity contribution in [2.45, 2.75) is 31.5 Å². The zero-order valence-corrected chi connectivity index (χ0v) is 11.3. The topological polar surface area (TPSA) is 29.5 Å². The van der Waals surface area contributed by atoms with Crippen LogP contribution in [0.3, 0.4) is 0 Å². The third kappa shape index (κ3) is 1.98. The van der Waals surface area contributed by atoms with Crippen LogP contribution in [0.1, 0.15) is 24.9 Å². The first-order valence-electron chi connectivity index (χ1n) is 6.81. The number of rotatable bonds is 3. The number of fused-ring (bicyclic) bond motifs is 2. The maximum atomic E-state index is 12.1. The summed E-state index contributed by atoms with van der Waals surface area (Å²) >= 11 is 0. The van der Waals surface area contributed by atoms with Crippen LogP contribution in [-0.2, 0) is 9.53 Å². The van der Waals surface area contributed by atoms with E-state index >= 15 is 0 Å². The molecule has 3 rings (SSSR count). The lowest BCUT2D eigenvalue weighted by Crippen LogP contribution is -2.45. The fourth-order valence-corrected chi connectivity index (χ4v) is 3.44. The molecule has 0 radical (unpaired) electrons. The zero-order chi connectivity index (χ0) is 13.4. The van der Waals surface area contributed by atoms with E-state index in [1.54, 1.807) is 0 Å². The van der Waals surface area contributed by atoms with Crippen LogP contribution >= 0.6 is 0 Å². The van der Waals surface area contributed by atoms with Crippen LogP contribution in [0.5, 0.6) is 0 Å². The molecule has 1 unspecified atom stereocenters. The summed E-state index contributed by atoms with van der Waals surface area (Å²) in [7, 11) is 1.48. The van der Waals surface area contributed by atoms with Gasteiger partial charge in [-0.2, -0.15) is 0 Å². The van der Waals surface area contributed by atoms with E-state index in [4.69, 9.17) is 4.74 Å². The van der Waals surface area contributed by atoms with Crippen molar-refractivity contribution < 1.29 is 9.53 Å². The van der Waals surface area contributed by atoms with Crippen LogP contribution in [-0.4, -0.2) is 30.1 Å². The molecule has 0 aromatic heterocycles. The van der Waals surface area contributed by atoms with E-state index in [-0.39, 0.29) is 18.1 Å². The normalized spacial score (nSPS) is 30.5. The fourth-order valence-electron chi connectivity index (χ4n) is 3.44. The van der Waals surface area contributed by atoms with Gasteiger partial charge >= 0.3 is 5.97 Å². The number of likely N-dealkylation sites (tertiary alicyclic amines) is 1. The Morgan fingerprint density at radius 2 is 2.05 bits per heavy atom. The number of esters is 1. The van der Waals surface area contributed by atoms with E-state index < -0.39 is 0 Å². The Balaban J connectivity index is 1.90. The Morgan fingerprint density at radius 3 is 2.74 bits per heavy atom. The van der Waals surface area contributed by atoms with E-state index in [0.717, 1.165) is 6.42 Å². The highest BCUT2D eigenvalue weighted by Crippen LogP contribution is 2.42. The molecular formula is C16H19NO2. The summed E-state index contributed by atoms with van der Waals surface area (Å²) in [5, 5.41) is 0. The third-order valence-corrected chi connectivity index (χ3v) is 4.38. The first kappa shape index (κ1) is 12.4. The van der Waals surface area contributed by atoms with Gasteiger partial charge in [0.15, 0.2) is 0 Å². The minimum Gasteiger partial charge on any atom is -0.468 e. The van der Waals surface area contributed by atoms with Crippen molar-refractivity contribution in [1.29, 1.82) is 0 Å². The van der Waals surface area contributed by atoms with Gasteiger partial charge in [0.2, 0.25) is 0 Å². The number of ether oxygens (including phenoxy) is 1. The number of benzene rings is 1. The van der Waals surface area contributed by atoms with Crippen molar-refractivity contribution in [2.24, 2.45) is 5.92 Å². The Morgan fingerprint density at radius 1 is 1.32 bits per heavy atom. The van der Waals surface area contributed by atoms with E-state index in [0.29, 0.717) is 12.0 Å². The average molecular weight is 257 g/mol. The Labute approximate surface area is 113 Å². The zero-order valence-electron chi connectivity index (χ0n) is 11.3. The summed E-state index contributed by atoms with van der Waals surface area (Å²) in [4.78, 5) is 14.3. The lowest BCUT2D eigenvalue weighted by Gasteiger charge is -2.35. The maximum Gasteiger partial charge on any atom is 0.323 e. The van der Waals surface area contributed by atoms with E-state index in [2.05, 4.69) is 36.1 Å². The van der Waals surface area contributed by atoms with Crippen molar-refractivity contribution in [2.75, 3.05) is 7.11 Å². The molecular weight excluding hydrogens is 238 g/mol. The van der Waals surface area contributed by atoms with Gasteiger partial charge in [-0.1, -0.05) is 42.5 Å². The summed E-state index contributed by atoms with van der Waals surface area (Å²) < 4.78 is 4.99. The third-order valence-electron chi connectivity index (χ3n) is 4.38. The average Bonchev–Trinajstić information content (AvgIpc) is 3.07. The molecule has 1 aromatic rings. The summed E-state index contributed by atoms with van der Waals surface area (Å²) in [6.45, 7) is 2.17. The van der Waals surface area contributed by atoms with Gasteiger partial charge in [-0.05, 0) is 18.9 Å². The molecule has 1 saturated heterocycles. The minimum absolute atomic E-state index is 0.111. The predicted molar refractivity (Wildman–Crippen MR) is 73.5 cm³/mol. The van der Waals surface area contributed by atoms with Crippen LogP contribution in [0, 0.1) is 5.92 Å². The van der Waals surface area contributed by atoms with Crippen molar-refractivity contribution in [3.05, 3.63) is 48.0 Å². The van der Waals surface area contributed by atoms with Crippen molar-refractivity contribution in [3.8, 4) is 0 Å². The summed E-state index contributed by atoms with van der Waals surface area (Å²) in [6, 6.07) is 10.8. The number of hydrogen-bond acceptors (Lipinski definition) is 3. The molecule has 3 heteroatoms. The highest BCUT2D eigenvalue weighted by molar-refractivity contribution is 5.77. The summed E-state index contributed by atoms with van der Waals surface area (Å²) in [6.07, 6.45) is 5.43. The van der Waals surface area contributed by atoms with Gasteiger partial charge in [0.05, 0.1) is 7.11 Å². The molecule has 2 bridgehead atoms. The number of carbonyl (C=O) groups is 1. The number of hydrogen-bond donors (Lipinski definition) is 0. The maximum absolute atomic E-state index is 12.1.